The maximum Gasteiger partial charge on any atom is 0.335 e. The van der Waals surface area contributed by atoms with Crippen molar-refractivity contribution in [2.24, 2.45) is 0 Å². The Kier molecular flexibility index (Phi) is 7.49. The summed E-state index contributed by atoms with van der Waals surface area (Å²) in [5.74, 6) is 0.350. The van der Waals surface area contributed by atoms with Gasteiger partial charge in [0.25, 0.3) is 0 Å². The van der Waals surface area contributed by atoms with E-state index in [4.69, 9.17) is 9.15 Å². The van der Waals surface area contributed by atoms with E-state index in [1.54, 1.807) is 6.07 Å². The fraction of sp³-hybridized carbons (Fsp3) is 0.357. The van der Waals surface area contributed by atoms with Crippen molar-refractivity contribution in [3.63, 3.8) is 0 Å². The molecule has 40 heavy (non-hydrogen) atoms. The van der Waals surface area contributed by atoms with Crippen LogP contribution in [0.4, 0.5) is 10.5 Å². The third-order valence-electron chi connectivity index (χ3n) is 6.76. The van der Waals surface area contributed by atoms with Gasteiger partial charge in [0.05, 0.1) is 22.5 Å². The molecule has 2 heterocycles. The third kappa shape index (κ3) is 5.51. The number of hydrogen-bond acceptors (Lipinski definition) is 8. The summed E-state index contributed by atoms with van der Waals surface area (Å²) in [5, 5.41) is 23.3. The van der Waals surface area contributed by atoms with E-state index in [0.29, 0.717) is 17.0 Å². The molecule has 1 aliphatic rings. The van der Waals surface area contributed by atoms with Crippen LogP contribution in [0.2, 0.25) is 0 Å². The van der Waals surface area contributed by atoms with Crippen molar-refractivity contribution in [3.05, 3.63) is 53.9 Å². The molecule has 0 atom stereocenters. The number of fused-ring (bicyclic) bond motifs is 1. The van der Waals surface area contributed by atoms with Crippen molar-refractivity contribution in [1.29, 1.82) is 5.26 Å². The second-order valence-corrected chi connectivity index (χ2v) is 12.0. The Morgan fingerprint density at radius 1 is 1.20 bits per heavy atom. The van der Waals surface area contributed by atoms with Crippen LogP contribution in [0.15, 0.2) is 52.1 Å². The molecule has 12 heteroatoms. The fourth-order valence-electron chi connectivity index (χ4n) is 4.70. The van der Waals surface area contributed by atoms with Crippen molar-refractivity contribution in [2.45, 2.75) is 57.3 Å². The smallest absolute Gasteiger partial charge is 0.335 e. The van der Waals surface area contributed by atoms with Gasteiger partial charge >= 0.3 is 11.3 Å². The van der Waals surface area contributed by atoms with E-state index < -0.39 is 15.1 Å². The molecule has 0 radical (unpaired) electrons. The summed E-state index contributed by atoms with van der Waals surface area (Å²) in [6.45, 7) is 5.20. The topological polar surface area (TPSA) is 152 Å². The zero-order valence-corrected chi connectivity index (χ0v) is 23.3. The van der Waals surface area contributed by atoms with E-state index in [1.165, 1.54) is 6.92 Å². The summed E-state index contributed by atoms with van der Waals surface area (Å²) in [6, 6.07) is 15.2. The highest BCUT2D eigenvalue weighted by molar-refractivity contribution is 7.91. The Morgan fingerprint density at radius 3 is 2.55 bits per heavy atom. The number of aryl methyl sites for hydroxylation is 1. The zero-order chi connectivity index (χ0) is 28.4. The van der Waals surface area contributed by atoms with Gasteiger partial charge in [-0.1, -0.05) is 17.2 Å². The summed E-state index contributed by atoms with van der Waals surface area (Å²) >= 11 is 0. The Balaban J connectivity index is 1.43. The van der Waals surface area contributed by atoms with Crippen molar-refractivity contribution in [3.8, 4) is 23.1 Å². The molecule has 2 aromatic heterocycles. The molecule has 0 aliphatic heterocycles. The van der Waals surface area contributed by atoms with Crippen molar-refractivity contribution < 1.29 is 22.4 Å². The van der Waals surface area contributed by atoms with Gasteiger partial charge in [-0.25, -0.2) is 13.2 Å². The summed E-state index contributed by atoms with van der Waals surface area (Å²) in [4.78, 5) is 12.1. The van der Waals surface area contributed by atoms with Crippen LogP contribution >= 0.6 is 0 Å². The standard InChI is InChI=1S/C28H30N6O5S/c1-17(2)30-27(35)31-20-9-7-19(8-10-20)26-24(16-29)23-12-11-22(15-25(23)34(26)21-5-4-6-21)38-13-14-40(36,37)28-33-32-18(3)39-28/h7-12,15,17,21H,4-6,13-14H2,1-3H3,(H2,30,31,35). The number of nitrogens with zero attached hydrogens (tertiary/aromatic N) is 4. The van der Waals surface area contributed by atoms with Gasteiger partial charge in [-0.2, -0.15) is 5.26 Å². The number of sulfone groups is 1. The van der Waals surface area contributed by atoms with E-state index in [9.17, 15) is 18.5 Å². The molecule has 208 valence electrons. The average Bonchev–Trinajstić information content (AvgIpc) is 3.45. The molecule has 1 fully saturated rings. The van der Waals surface area contributed by atoms with Gasteiger partial charge in [0.15, 0.2) is 0 Å². The van der Waals surface area contributed by atoms with Crippen LogP contribution in [-0.2, 0) is 9.84 Å². The lowest BCUT2D eigenvalue weighted by Gasteiger charge is -2.30. The molecule has 2 aromatic carbocycles. The minimum Gasteiger partial charge on any atom is -0.492 e. The first-order chi connectivity index (χ1) is 19.2. The minimum atomic E-state index is -3.77. The van der Waals surface area contributed by atoms with Crippen LogP contribution < -0.4 is 15.4 Å². The van der Waals surface area contributed by atoms with Gasteiger partial charge in [0.1, 0.15) is 18.4 Å². The zero-order valence-electron chi connectivity index (χ0n) is 22.5. The number of urea groups is 1. The van der Waals surface area contributed by atoms with Crippen LogP contribution in [0.5, 0.6) is 5.75 Å². The summed E-state index contributed by atoms with van der Waals surface area (Å²) in [5.41, 5.74) is 3.72. The molecule has 11 nitrogen and oxygen atoms in total. The van der Waals surface area contributed by atoms with E-state index in [1.807, 2.05) is 50.2 Å². The first-order valence-corrected chi connectivity index (χ1v) is 14.7. The van der Waals surface area contributed by atoms with Gasteiger partial charge < -0.3 is 24.4 Å². The molecule has 0 spiro atoms. The van der Waals surface area contributed by atoms with E-state index in [2.05, 4.69) is 31.5 Å². The minimum absolute atomic E-state index is 0.0171. The number of hydrogen-bond donors (Lipinski definition) is 2. The lowest BCUT2D eigenvalue weighted by atomic mass is 9.92. The quantitative estimate of drug-likeness (QED) is 0.290. The number of nitrogens with one attached hydrogen (secondary N) is 2. The molecule has 2 N–H and O–H groups in total. The predicted molar refractivity (Wildman–Crippen MR) is 149 cm³/mol. The Hall–Kier alpha value is -4.37. The fourth-order valence-corrected chi connectivity index (χ4v) is 5.59. The van der Waals surface area contributed by atoms with Gasteiger partial charge in [-0.15, -0.1) is 5.10 Å². The average molecular weight is 563 g/mol. The maximum atomic E-state index is 12.5. The normalized spacial score (nSPS) is 13.7. The van der Waals surface area contributed by atoms with Crippen molar-refractivity contribution >= 4 is 32.5 Å². The van der Waals surface area contributed by atoms with Crippen LogP contribution in [0, 0.1) is 18.3 Å². The highest BCUT2D eigenvalue weighted by Crippen LogP contribution is 2.43. The van der Waals surface area contributed by atoms with Gasteiger partial charge in [0, 0.05) is 36.1 Å². The summed E-state index contributed by atoms with van der Waals surface area (Å²) in [6.07, 6.45) is 3.08. The van der Waals surface area contributed by atoms with Crippen molar-refractivity contribution in [2.75, 3.05) is 17.7 Å². The molecule has 2 amide bonds. The molecule has 0 bridgehead atoms. The lowest BCUT2D eigenvalue weighted by Crippen LogP contribution is -2.34. The number of carbonyl (C=O) groups is 1. The number of carbonyl (C=O) groups excluding carboxylic acids is 1. The highest BCUT2D eigenvalue weighted by atomic mass is 32.2. The van der Waals surface area contributed by atoms with E-state index >= 15 is 0 Å². The number of rotatable bonds is 9. The summed E-state index contributed by atoms with van der Waals surface area (Å²) in [7, 11) is -3.77. The monoisotopic (exact) mass is 562 g/mol. The van der Waals surface area contributed by atoms with Crippen LogP contribution in [0.1, 0.15) is 50.6 Å². The number of benzene rings is 2. The second kappa shape index (κ2) is 11.0. The van der Waals surface area contributed by atoms with Gasteiger partial charge in [-0.3, -0.25) is 0 Å². The van der Waals surface area contributed by atoms with Gasteiger partial charge in [-0.05, 0) is 62.9 Å². The van der Waals surface area contributed by atoms with Gasteiger partial charge in [0.2, 0.25) is 15.7 Å². The maximum absolute atomic E-state index is 12.5. The molecule has 0 unspecified atom stereocenters. The van der Waals surface area contributed by atoms with E-state index in [-0.39, 0.29) is 36.4 Å². The lowest BCUT2D eigenvalue weighted by molar-refractivity contribution is 0.250. The first-order valence-electron chi connectivity index (χ1n) is 13.1. The number of aromatic nitrogens is 3. The van der Waals surface area contributed by atoms with Crippen LogP contribution in [0.25, 0.3) is 22.2 Å². The van der Waals surface area contributed by atoms with Crippen LogP contribution in [0.3, 0.4) is 0 Å². The van der Waals surface area contributed by atoms with Crippen LogP contribution in [-0.4, -0.2) is 47.6 Å². The highest BCUT2D eigenvalue weighted by Gasteiger charge is 2.28. The molecule has 1 aliphatic carbocycles. The molecule has 1 saturated carbocycles. The SMILES string of the molecule is Cc1nnc(S(=O)(=O)CCOc2ccc3c(C#N)c(-c4ccc(NC(=O)NC(C)C)cc4)n(C4CCC4)c3c2)o1. The number of amides is 2. The Labute approximate surface area is 232 Å². The molecule has 0 saturated heterocycles. The number of nitriles is 1. The molecular formula is C28H30N6O5S. The number of anilines is 1. The Bertz CT molecular complexity index is 1700. The Morgan fingerprint density at radius 2 is 1.95 bits per heavy atom. The molecular weight excluding hydrogens is 532 g/mol. The van der Waals surface area contributed by atoms with Crippen molar-refractivity contribution in [1.82, 2.24) is 20.1 Å². The van der Waals surface area contributed by atoms with E-state index in [0.717, 1.165) is 41.4 Å². The molecule has 4 aromatic rings. The third-order valence-corrected chi connectivity index (χ3v) is 8.16. The second-order valence-electron chi connectivity index (χ2n) is 10.1. The molecule has 5 rings (SSSR count). The largest absolute Gasteiger partial charge is 0.492 e. The predicted octanol–water partition coefficient (Wildman–Crippen LogP) is 4.98. The first kappa shape index (κ1) is 27.2. The summed E-state index contributed by atoms with van der Waals surface area (Å²) < 4.78 is 38.0. The number of ether oxygens (including phenoxy) is 1.